The fourth-order valence-corrected chi connectivity index (χ4v) is 2.96. The molecule has 0 bridgehead atoms. The largest absolute Gasteiger partial charge is 0.481 e. The molecule has 0 saturated carbocycles. The van der Waals surface area contributed by atoms with Gasteiger partial charge in [0, 0.05) is 12.5 Å². The second-order valence-electron chi connectivity index (χ2n) is 8.31. The highest BCUT2D eigenvalue weighted by Crippen LogP contribution is 2.03. The lowest BCUT2D eigenvalue weighted by atomic mass is 10.1. The van der Waals surface area contributed by atoms with Crippen LogP contribution in [0.15, 0.2) is 97.1 Å². The first kappa shape index (κ1) is 38.2. The zero-order valence-electron chi connectivity index (χ0n) is 25.0. The maximum absolute atomic E-state index is 11.0. The molecule has 43 heavy (non-hydrogen) atoms. The Hall–Kier alpha value is -4.76. The highest BCUT2D eigenvalue weighted by atomic mass is 16.5. The van der Waals surface area contributed by atoms with Crippen LogP contribution in [0.2, 0.25) is 0 Å². The molecule has 0 atom stereocenters. The van der Waals surface area contributed by atoms with Crippen LogP contribution in [0.4, 0.5) is 0 Å². The van der Waals surface area contributed by atoms with Crippen molar-refractivity contribution in [1.82, 2.24) is 0 Å². The van der Waals surface area contributed by atoms with Gasteiger partial charge in [-0.3, -0.25) is 14.4 Å². The molecule has 0 saturated heterocycles. The summed E-state index contributed by atoms with van der Waals surface area (Å²) >= 11 is 0. The molecule has 0 fully saturated rings. The SMILES string of the molecule is CCOC(=O)/C=C/c1ccccc1.CCOC(=O)CC(=O)O.CCOC(=O)CCc1ccccc1.OCc1ccccc1. The normalized spacial score (nSPS) is 9.49. The average molecular weight is 595 g/mol. The molecule has 0 amide bonds. The molecular formula is C34H42O9. The zero-order chi connectivity index (χ0) is 32.1. The van der Waals surface area contributed by atoms with E-state index in [2.05, 4.69) is 4.74 Å². The number of aliphatic carboxylic acids is 1. The van der Waals surface area contributed by atoms with Crippen molar-refractivity contribution in [3.8, 4) is 0 Å². The number of hydrogen-bond acceptors (Lipinski definition) is 8. The molecule has 0 heterocycles. The maximum atomic E-state index is 11.0. The van der Waals surface area contributed by atoms with Crippen LogP contribution in [0.1, 0.15) is 50.3 Å². The third-order valence-electron chi connectivity index (χ3n) is 4.89. The van der Waals surface area contributed by atoms with Gasteiger partial charge in [-0.1, -0.05) is 91.0 Å². The topological polar surface area (TPSA) is 136 Å². The van der Waals surface area contributed by atoms with Gasteiger partial charge in [-0.05, 0) is 50.0 Å². The minimum absolute atomic E-state index is 0.119. The Morgan fingerprint density at radius 2 is 1.12 bits per heavy atom. The van der Waals surface area contributed by atoms with Gasteiger partial charge >= 0.3 is 23.9 Å². The van der Waals surface area contributed by atoms with E-state index < -0.39 is 18.4 Å². The number of ether oxygens (including phenoxy) is 3. The van der Waals surface area contributed by atoms with E-state index in [4.69, 9.17) is 19.7 Å². The minimum atomic E-state index is -1.16. The van der Waals surface area contributed by atoms with Crippen molar-refractivity contribution in [1.29, 1.82) is 0 Å². The van der Waals surface area contributed by atoms with Crippen molar-refractivity contribution in [2.24, 2.45) is 0 Å². The third kappa shape index (κ3) is 23.6. The van der Waals surface area contributed by atoms with Crippen molar-refractivity contribution in [2.75, 3.05) is 19.8 Å². The van der Waals surface area contributed by atoms with E-state index in [1.165, 1.54) is 11.6 Å². The molecule has 0 spiro atoms. The van der Waals surface area contributed by atoms with Crippen molar-refractivity contribution < 1.29 is 43.6 Å². The highest BCUT2D eigenvalue weighted by Gasteiger charge is 2.06. The Labute approximate surface area is 253 Å². The molecule has 3 aromatic carbocycles. The summed E-state index contributed by atoms with van der Waals surface area (Å²) in [5, 5.41) is 16.5. The molecule has 0 aliphatic rings. The van der Waals surface area contributed by atoms with E-state index in [9.17, 15) is 19.2 Å². The second-order valence-corrected chi connectivity index (χ2v) is 8.31. The van der Waals surface area contributed by atoms with E-state index in [0.29, 0.717) is 19.6 Å². The van der Waals surface area contributed by atoms with Gasteiger partial charge in [-0.15, -0.1) is 0 Å². The van der Waals surface area contributed by atoms with Gasteiger partial charge in [-0.2, -0.15) is 0 Å². The Bertz CT molecular complexity index is 1180. The molecule has 0 aliphatic carbocycles. The smallest absolute Gasteiger partial charge is 0.330 e. The lowest BCUT2D eigenvalue weighted by molar-refractivity contribution is -0.151. The van der Waals surface area contributed by atoms with Crippen LogP contribution >= 0.6 is 0 Å². The van der Waals surface area contributed by atoms with E-state index in [-0.39, 0.29) is 25.2 Å². The number of aliphatic hydroxyl groups is 1. The standard InChI is InChI=1S/C11H14O2.C11H12O2.C7H8O.C5H8O4/c2*1-2-13-11(12)9-8-10-6-4-3-5-7-10;8-6-7-4-2-1-3-5-7;1-2-9-5(8)3-4(6)7/h3-7H,2,8-9H2,1H3;3-9H,2H2,1H3;1-5,8H,6H2;2-3H2,1H3,(H,6,7)/b;9-8+;;. The lowest BCUT2D eigenvalue weighted by Crippen LogP contribution is -2.09. The molecule has 0 aliphatic heterocycles. The van der Waals surface area contributed by atoms with Crippen molar-refractivity contribution in [2.45, 2.75) is 46.6 Å². The van der Waals surface area contributed by atoms with E-state index in [1.807, 2.05) is 97.9 Å². The fourth-order valence-electron chi connectivity index (χ4n) is 2.96. The van der Waals surface area contributed by atoms with Crippen LogP contribution in [-0.2, 0) is 46.4 Å². The summed E-state index contributed by atoms with van der Waals surface area (Å²) in [7, 11) is 0. The summed E-state index contributed by atoms with van der Waals surface area (Å²) in [6.45, 7) is 6.48. The van der Waals surface area contributed by atoms with Crippen LogP contribution in [0.3, 0.4) is 0 Å². The van der Waals surface area contributed by atoms with Crippen LogP contribution in [0, 0.1) is 0 Å². The number of carboxylic acids is 1. The van der Waals surface area contributed by atoms with Gasteiger partial charge in [0.15, 0.2) is 0 Å². The third-order valence-corrected chi connectivity index (χ3v) is 4.89. The number of aliphatic hydroxyl groups excluding tert-OH is 1. The Morgan fingerprint density at radius 3 is 1.56 bits per heavy atom. The number of aryl methyl sites for hydroxylation is 1. The minimum Gasteiger partial charge on any atom is -0.481 e. The number of esters is 3. The predicted octanol–water partition coefficient (Wildman–Crippen LogP) is 5.65. The van der Waals surface area contributed by atoms with Gasteiger partial charge in [-0.25, -0.2) is 4.79 Å². The molecular weight excluding hydrogens is 552 g/mol. The Morgan fingerprint density at radius 1 is 0.651 bits per heavy atom. The fraction of sp³-hybridized carbons (Fsp3) is 0.294. The molecule has 9 heteroatoms. The molecule has 232 valence electrons. The molecule has 0 unspecified atom stereocenters. The lowest BCUT2D eigenvalue weighted by Gasteiger charge is -2.01. The van der Waals surface area contributed by atoms with Crippen molar-refractivity contribution in [3.05, 3.63) is 114 Å². The number of carbonyl (C=O) groups is 4. The monoisotopic (exact) mass is 594 g/mol. The molecule has 0 aromatic heterocycles. The number of benzene rings is 3. The molecule has 0 radical (unpaired) electrons. The number of hydrogen-bond donors (Lipinski definition) is 2. The number of rotatable bonds is 11. The molecule has 3 aromatic rings. The van der Waals surface area contributed by atoms with E-state index in [0.717, 1.165) is 17.5 Å². The summed E-state index contributed by atoms with van der Waals surface area (Å²) in [6.07, 6.45) is 3.85. The summed E-state index contributed by atoms with van der Waals surface area (Å²) in [4.78, 5) is 41.9. The first-order valence-electron chi connectivity index (χ1n) is 13.9. The van der Waals surface area contributed by atoms with E-state index in [1.54, 1.807) is 19.9 Å². The average Bonchev–Trinajstić information content (AvgIpc) is 3.01. The summed E-state index contributed by atoms with van der Waals surface area (Å²) in [5.74, 6) is -2.27. The quantitative estimate of drug-likeness (QED) is 0.125. The first-order valence-corrected chi connectivity index (χ1v) is 13.9. The summed E-state index contributed by atoms with van der Waals surface area (Å²) < 4.78 is 13.9. The maximum Gasteiger partial charge on any atom is 0.330 e. The summed E-state index contributed by atoms with van der Waals surface area (Å²) in [6, 6.07) is 29.1. The zero-order valence-corrected chi connectivity index (χ0v) is 25.0. The van der Waals surface area contributed by atoms with Crippen molar-refractivity contribution in [3.63, 3.8) is 0 Å². The highest BCUT2D eigenvalue weighted by molar-refractivity contribution is 5.90. The molecule has 3 rings (SSSR count). The molecule has 2 N–H and O–H groups in total. The Balaban J connectivity index is 0.000000559. The van der Waals surface area contributed by atoms with Crippen LogP contribution in [-0.4, -0.2) is 53.9 Å². The van der Waals surface area contributed by atoms with E-state index >= 15 is 0 Å². The van der Waals surface area contributed by atoms with Gasteiger partial charge in [0.2, 0.25) is 0 Å². The van der Waals surface area contributed by atoms with Crippen LogP contribution in [0.25, 0.3) is 6.08 Å². The van der Waals surface area contributed by atoms with Gasteiger partial charge in [0.25, 0.3) is 0 Å². The van der Waals surface area contributed by atoms with Crippen LogP contribution in [0.5, 0.6) is 0 Å². The number of carboxylic acid groups (broad SMARTS) is 1. The molecule has 9 nitrogen and oxygen atoms in total. The summed E-state index contributed by atoms with van der Waals surface area (Å²) in [5.41, 5.74) is 3.14. The first-order chi connectivity index (χ1) is 20.7. The van der Waals surface area contributed by atoms with Gasteiger partial charge in [0.1, 0.15) is 6.42 Å². The van der Waals surface area contributed by atoms with Gasteiger partial charge in [0.05, 0.1) is 26.4 Å². The Kier molecular flexibility index (Phi) is 23.3. The van der Waals surface area contributed by atoms with Crippen LogP contribution < -0.4 is 0 Å². The second kappa shape index (κ2) is 26.2. The van der Waals surface area contributed by atoms with Gasteiger partial charge < -0.3 is 24.4 Å². The number of carbonyl (C=O) groups excluding carboxylic acids is 3. The van der Waals surface area contributed by atoms with Crippen molar-refractivity contribution >= 4 is 30.0 Å². The predicted molar refractivity (Wildman–Crippen MR) is 165 cm³/mol.